The first-order chi connectivity index (χ1) is 9.11. The SMILES string of the molecule is CNCCNC(=O)CNC(=O)Cc1cccc(F)c1.Cl. The van der Waals surface area contributed by atoms with Gasteiger partial charge in [0.2, 0.25) is 11.8 Å². The van der Waals surface area contributed by atoms with Crippen molar-refractivity contribution in [2.24, 2.45) is 0 Å². The number of hydrogen-bond donors (Lipinski definition) is 3. The van der Waals surface area contributed by atoms with Gasteiger partial charge in [0, 0.05) is 13.1 Å². The summed E-state index contributed by atoms with van der Waals surface area (Å²) >= 11 is 0. The summed E-state index contributed by atoms with van der Waals surface area (Å²) in [6.07, 6.45) is 0.0571. The van der Waals surface area contributed by atoms with Crippen LogP contribution in [0.2, 0.25) is 0 Å². The van der Waals surface area contributed by atoms with Crippen molar-refractivity contribution in [2.45, 2.75) is 6.42 Å². The summed E-state index contributed by atoms with van der Waals surface area (Å²) in [7, 11) is 1.78. The molecule has 0 heterocycles. The van der Waals surface area contributed by atoms with Gasteiger partial charge in [-0.2, -0.15) is 0 Å². The second-order valence-corrected chi connectivity index (χ2v) is 4.04. The van der Waals surface area contributed by atoms with E-state index in [-0.39, 0.29) is 43.0 Å². The first-order valence-corrected chi connectivity index (χ1v) is 6.04. The quantitative estimate of drug-likeness (QED) is 0.632. The molecule has 0 aliphatic carbocycles. The smallest absolute Gasteiger partial charge is 0.239 e. The average molecular weight is 304 g/mol. The lowest BCUT2D eigenvalue weighted by Gasteiger charge is -2.06. The summed E-state index contributed by atoms with van der Waals surface area (Å²) in [6, 6.07) is 5.82. The molecule has 3 N–H and O–H groups in total. The van der Waals surface area contributed by atoms with Crippen LogP contribution in [0.1, 0.15) is 5.56 Å². The third kappa shape index (κ3) is 7.70. The number of carbonyl (C=O) groups excluding carboxylic acids is 2. The Kier molecular flexibility index (Phi) is 9.32. The van der Waals surface area contributed by atoms with E-state index in [0.29, 0.717) is 18.7 Å². The van der Waals surface area contributed by atoms with E-state index in [9.17, 15) is 14.0 Å². The fourth-order valence-electron chi connectivity index (χ4n) is 1.46. The molecule has 0 aliphatic heterocycles. The van der Waals surface area contributed by atoms with E-state index in [0.717, 1.165) is 0 Å². The zero-order chi connectivity index (χ0) is 14.1. The lowest BCUT2D eigenvalue weighted by molar-refractivity contribution is -0.125. The molecular formula is C13H19ClFN3O2. The molecule has 0 aromatic heterocycles. The molecule has 0 saturated carbocycles. The summed E-state index contributed by atoms with van der Waals surface area (Å²) in [5.41, 5.74) is 0.577. The van der Waals surface area contributed by atoms with Gasteiger partial charge in [-0.3, -0.25) is 9.59 Å². The number of benzene rings is 1. The van der Waals surface area contributed by atoms with Crippen LogP contribution in [-0.4, -0.2) is 38.5 Å². The summed E-state index contributed by atoms with van der Waals surface area (Å²) < 4.78 is 12.9. The first-order valence-electron chi connectivity index (χ1n) is 6.04. The van der Waals surface area contributed by atoms with Crippen molar-refractivity contribution in [1.29, 1.82) is 0 Å². The second kappa shape index (κ2) is 10.2. The molecular weight excluding hydrogens is 285 g/mol. The minimum absolute atomic E-state index is 0. The molecule has 1 aromatic carbocycles. The Morgan fingerprint density at radius 3 is 2.55 bits per heavy atom. The first kappa shape index (κ1) is 18.3. The largest absolute Gasteiger partial charge is 0.353 e. The molecule has 1 rings (SSSR count). The summed E-state index contributed by atoms with van der Waals surface area (Å²) in [5, 5.41) is 8.01. The van der Waals surface area contributed by atoms with Crippen molar-refractivity contribution < 1.29 is 14.0 Å². The van der Waals surface area contributed by atoms with E-state index in [1.807, 2.05) is 0 Å². The van der Waals surface area contributed by atoms with Crippen molar-refractivity contribution in [3.63, 3.8) is 0 Å². The van der Waals surface area contributed by atoms with Gasteiger partial charge in [-0.25, -0.2) is 4.39 Å². The Morgan fingerprint density at radius 1 is 1.15 bits per heavy atom. The molecule has 0 atom stereocenters. The lowest BCUT2D eigenvalue weighted by Crippen LogP contribution is -2.39. The van der Waals surface area contributed by atoms with Crippen LogP contribution in [0.4, 0.5) is 4.39 Å². The molecule has 0 unspecified atom stereocenters. The molecule has 0 spiro atoms. The molecule has 0 bridgehead atoms. The summed E-state index contributed by atoms with van der Waals surface area (Å²) in [5.74, 6) is -0.938. The van der Waals surface area contributed by atoms with Crippen molar-refractivity contribution in [3.8, 4) is 0 Å². The fraction of sp³-hybridized carbons (Fsp3) is 0.385. The second-order valence-electron chi connectivity index (χ2n) is 4.04. The average Bonchev–Trinajstić information content (AvgIpc) is 2.37. The molecule has 0 radical (unpaired) electrons. The maximum atomic E-state index is 12.9. The Bertz CT molecular complexity index is 443. The Morgan fingerprint density at radius 2 is 1.90 bits per heavy atom. The van der Waals surface area contributed by atoms with Crippen LogP contribution in [0.15, 0.2) is 24.3 Å². The highest BCUT2D eigenvalue weighted by atomic mass is 35.5. The highest BCUT2D eigenvalue weighted by molar-refractivity contribution is 5.86. The van der Waals surface area contributed by atoms with Gasteiger partial charge >= 0.3 is 0 Å². The van der Waals surface area contributed by atoms with Crippen LogP contribution in [-0.2, 0) is 16.0 Å². The van der Waals surface area contributed by atoms with Crippen molar-refractivity contribution >= 4 is 24.2 Å². The van der Waals surface area contributed by atoms with Crippen molar-refractivity contribution in [1.82, 2.24) is 16.0 Å². The Labute approximate surface area is 123 Å². The van der Waals surface area contributed by atoms with E-state index >= 15 is 0 Å². The van der Waals surface area contributed by atoms with Crippen LogP contribution >= 0.6 is 12.4 Å². The summed E-state index contributed by atoms with van der Waals surface area (Å²) in [6.45, 7) is 1.11. The third-order valence-electron chi connectivity index (χ3n) is 2.40. The molecule has 20 heavy (non-hydrogen) atoms. The van der Waals surface area contributed by atoms with Gasteiger partial charge in [-0.1, -0.05) is 12.1 Å². The third-order valence-corrected chi connectivity index (χ3v) is 2.40. The van der Waals surface area contributed by atoms with Crippen LogP contribution in [0.3, 0.4) is 0 Å². The molecule has 2 amide bonds. The lowest BCUT2D eigenvalue weighted by atomic mass is 10.1. The predicted molar refractivity (Wildman–Crippen MR) is 77.3 cm³/mol. The van der Waals surface area contributed by atoms with Gasteiger partial charge in [0.25, 0.3) is 0 Å². The topological polar surface area (TPSA) is 70.2 Å². The fourth-order valence-corrected chi connectivity index (χ4v) is 1.46. The highest BCUT2D eigenvalue weighted by Crippen LogP contribution is 2.03. The molecule has 0 saturated heterocycles. The number of hydrogen-bond acceptors (Lipinski definition) is 3. The van der Waals surface area contributed by atoms with Crippen LogP contribution in [0, 0.1) is 5.82 Å². The number of carbonyl (C=O) groups is 2. The predicted octanol–water partition coefficient (Wildman–Crippen LogP) is 0.242. The maximum Gasteiger partial charge on any atom is 0.239 e. The Hall–Kier alpha value is -1.66. The number of halogens is 2. The number of likely N-dealkylation sites (N-methyl/N-ethyl adjacent to an activating group) is 1. The van der Waals surface area contributed by atoms with Crippen molar-refractivity contribution in [3.05, 3.63) is 35.6 Å². The van der Waals surface area contributed by atoms with Gasteiger partial charge in [0.1, 0.15) is 5.82 Å². The van der Waals surface area contributed by atoms with E-state index in [1.54, 1.807) is 19.2 Å². The number of nitrogens with one attached hydrogen (secondary N) is 3. The van der Waals surface area contributed by atoms with E-state index in [4.69, 9.17) is 0 Å². The van der Waals surface area contributed by atoms with Gasteiger partial charge in [0.15, 0.2) is 0 Å². The van der Waals surface area contributed by atoms with Gasteiger partial charge in [-0.05, 0) is 24.7 Å². The molecule has 7 heteroatoms. The molecule has 112 valence electrons. The molecule has 1 aromatic rings. The van der Waals surface area contributed by atoms with E-state index in [2.05, 4.69) is 16.0 Å². The molecule has 5 nitrogen and oxygen atoms in total. The van der Waals surface area contributed by atoms with Gasteiger partial charge in [-0.15, -0.1) is 12.4 Å². The zero-order valence-electron chi connectivity index (χ0n) is 11.2. The number of amides is 2. The number of rotatable bonds is 7. The molecule has 0 fully saturated rings. The minimum Gasteiger partial charge on any atom is -0.353 e. The van der Waals surface area contributed by atoms with Crippen LogP contribution < -0.4 is 16.0 Å². The monoisotopic (exact) mass is 303 g/mol. The molecule has 0 aliphatic rings. The highest BCUT2D eigenvalue weighted by Gasteiger charge is 2.06. The van der Waals surface area contributed by atoms with Gasteiger partial charge in [0.05, 0.1) is 13.0 Å². The summed E-state index contributed by atoms with van der Waals surface area (Å²) in [4.78, 5) is 22.8. The maximum absolute atomic E-state index is 12.9. The standard InChI is InChI=1S/C13H18FN3O2.ClH/c1-15-5-6-16-13(19)9-17-12(18)8-10-3-2-4-11(14)7-10;/h2-4,7,15H,5-6,8-9H2,1H3,(H,16,19)(H,17,18);1H. The van der Waals surface area contributed by atoms with Gasteiger partial charge < -0.3 is 16.0 Å². The van der Waals surface area contributed by atoms with E-state index < -0.39 is 0 Å². The van der Waals surface area contributed by atoms with E-state index in [1.165, 1.54) is 12.1 Å². The van der Waals surface area contributed by atoms with Crippen LogP contribution in [0.5, 0.6) is 0 Å². The normalized spacial score (nSPS) is 9.50. The minimum atomic E-state index is -0.380. The van der Waals surface area contributed by atoms with Crippen molar-refractivity contribution in [2.75, 3.05) is 26.7 Å². The van der Waals surface area contributed by atoms with Crippen LogP contribution in [0.25, 0.3) is 0 Å². The zero-order valence-corrected chi connectivity index (χ0v) is 12.1. The Balaban J connectivity index is 0.00000361.